The van der Waals surface area contributed by atoms with Crippen molar-refractivity contribution in [2.75, 3.05) is 25.7 Å². The minimum absolute atomic E-state index is 0.0190. The monoisotopic (exact) mass is 263 g/mol. The lowest BCUT2D eigenvalue weighted by Gasteiger charge is -2.24. The molecule has 5 heteroatoms. The molecule has 0 N–H and O–H groups in total. The van der Waals surface area contributed by atoms with E-state index < -0.39 is 0 Å². The van der Waals surface area contributed by atoms with E-state index in [1.165, 1.54) is 21.1 Å². The Balaban J connectivity index is 2.73. The molecule has 1 aromatic carbocycles. The molecular weight excluding hydrogens is 246 g/mol. The van der Waals surface area contributed by atoms with Crippen LogP contribution in [0.5, 0.6) is 11.5 Å². The van der Waals surface area contributed by atoms with Crippen LogP contribution in [0.4, 0.5) is 5.69 Å². The van der Waals surface area contributed by atoms with Gasteiger partial charge in [0, 0.05) is 19.9 Å². The van der Waals surface area contributed by atoms with Crippen LogP contribution in [0.25, 0.3) is 0 Å². The highest BCUT2D eigenvalue weighted by Gasteiger charge is 2.29. The maximum atomic E-state index is 12.2. The van der Waals surface area contributed by atoms with Crippen LogP contribution in [0, 0.1) is 0 Å². The van der Waals surface area contributed by atoms with Crippen molar-refractivity contribution in [3.8, 4) is 11.5 Å². The quantitative estimate of drug-likeness (QED) is 0.819. The Morgan fingerprint density at radius 3 is 2.42 bits per heavy atom. The molecule has 1 aromatic rings. The summed E-state index contributed by atoms with van der Waals surface area (Å²) < 4.78 is 10.5. The molecule has 1 aliphatic rings. The van der Waals surface area contributed by atoms with E-state index in [0.29, 0.717) is 42.1 Å². The highest BCUT2D eigenvalue weighted by molar-refractivity contribution is 6.09. The van der Waals surface area contributed by atoms with Gasteiger partial charge in [0.15, 0.2) is 5.78 Å². The summed E-state index contributed by atoms with van der Waals surface area (Å²) in [6.45, 7) is 2.00. The summed E-state index contributed by atoms with van der Waals surface area (Å²) in [5.74, 6) is 0.868. The van der Waals surface area contributed by atoms with Crippen molar-refractivity contribution in [1.82, 2.24) is 0 Å². The Kier molecular flexibility index (Phi) is 3.74. The van der Waals surface area contributed by atoms with Gasteiger partial charge < -0.3 is 14.4 Å². The second-order valence-electron chi connectivity index (χ2n) is 4.39. The van der Waals surface area contributed by atoms with Gasteiger partial charge in [-0.05, 0) is 18.6 Å². The van der Waals surface area contributed by atoms with Crippen molar-refractivity contribution < 1.29 is 19.1 Å². The first-order chi connectivity index (χ1) is 9.10. The van der Waals surface area contributed by atoms with Gasteiger partial charge in [-0.2, -0.15) is 0 Å². The summed E-state index contributed by atoms with van der Waals surface area (Å²) in [6, 6.07) is 3.41. The number of carbonyl (C=O) groups excluding carboxylic acids is 2. The number of anilines is 1. The van der Waals surface area contributed by atoms with E-state index in [0.717, 1.165) is 0 Å². The van der Waals surface area contributed by atoms with Crippen LogP contribution in [0.2, 0.25) is 0 Å². The molecule has 2 rings (SSSR count). The van der Waals surface area contributed by atoms with E-state index >= 15 is 0 Å². The fourth-order valence-corrected chi connectivity index (χ4v) is 2.38. The predicted octanol–water partition coefficient (Wildman–Crippen LogP) is 2.03. The molecule has 0 unspecified atom stereocenters. The van der Waals surface area contributed by atoms with Crippen LogP contribution in [-0.2, 0) is 4.79 Å². The SMILES string of the molecule is COc1ccc(OC)c2c1C(=O)CCCN2C(C)=O. The van der Waals surface area contributed by atoms with Crippen molar-refractivity contribution in [1.29, 1.82) is 0 Å². The van der Waals surface area contributed by atoms with E-state index in [1.807, 2.05) is 0 Å². The lowest BCUT2D eigenvalue weighted by Crippen LogP contribution is -2.29. The number of hydrogen-bond donors (Lipinski definition) is 0. The Bertz CT molecular complexity index is 524. The van der Waals surface area contributed by atoms with Crippen molar-refractivity contribution in [3.05, 3.63) is 17.7 Å². The number of Topliss-reactive ketones (excluding diaryl/α,β-unsaturated/α-hetero) is 1. The highest BCUT2D eigenvalue weighted by atomic mass is 16.5. The van der Waals surface area contributed by atoms with Gasteiger partial charge in [-0.1, -0.05) is 0 Å². The highest BCUT2D eigenvalue weighted by Crippen LogP contribution is 2.40. The zero-order valence-electron chi connectivity index (χ0n) is 11.4. The number of fused-ring (bicyclic) bond motifs is 1. The standard InChI is InChI=1S/C14H17NO4/c1-9(16)15-8-4-5-10(17)13-11(18-2)6-7-12(19-3)14(13)15/h6-7H,4-5,8H2,1-3H3. The number of ether oxygens (including phenoxy) is 2. The number of carbonyl (C=O) groups is 2. The molecule has 0 aromatic heterocycles. The van der Waals surface area contributed by atoms with E-state index in [4.69, 9.17) is 9.47 Å². The summed E-state index contributed by atoms with van der Waals surface area (Å²) in [7, 11) is 3.04. The van der Waals surface area contributed by atoms with Gasteiger partial charge in [0.2, 0.25) is 5.91 Å². The molecule has 0 spiro atoms. The average Bonchev–Trinajstić information content (AvgIpc) is 2.58. The minimum Gasteiger partial charge on any atom is -0.496 e. The van der Waals surface area contributed by atoms with Crippen LogP contribution in [-0.4, -0.2) is 32.5 Å². The number of rotatable bonds is 2. The van der Waals surface area contributed by atoms with Crippen LogP contribution in [0.3, 0.4) is 0 Å². The summed E-state index contributed by atoms with van der Waals surface area (Å²) in [5, 5.41) is 0. The maximum Gasteiger partial charge on any atom is 0.223 e. The number of methoxy groups -OCH3 is 2. The van der Waals surface area contributed by atoms with Gasteiger partial charge in [0.1, 0.15) is 17.2 Å². The Labute approximate surface area is 112 Å². The summed E-state index contributed by atoms with van der Waals surface area (Å²) in [6.07, 6.45) is 1.04. The lowest BCUT2D eigenvalue weighted by molar-refractivity contribution is -0.116. The first-order valence-electron chi connectivity index (χ1n) is 6.16. The number of hydrogen-bond acceptors (Lipinski definition) is 4. The van der Waals surface area contributed by atoms with Gasteiger partial charge in [-0.25, -0.2) is 0 Å². The molecule has 5 nitrogen and oxygen atoms in total. The topological polar surface area (TPSA) is 55.8 Å². The van der Waals surface area contributed by atoms with Gasteiger partial charge >= 0.3 is 0 Å². The summed E-state index contributed by atoms with van der Waals surface area (Å²) in [5.41, 5.74) is 0.964. The summed E-state index contributed by atoms with van der Waals surface area (Å²) >= 11 is 0. The molecule has 0 aliphatic carbocycles. The minimum atomic E-state index is -0.109. The number of amides is 1. The van der Waals surface area contributed by atoms with Crippen molar-refractivity contribution in [2.24, 2.45) is 0 Å². The zero-order chi connectivity index (χ0) is 14.0. The first-order valence-corrected chi connectivity index (χ1v) is 6.16. The summed E-state index contributed by atoms with van der Waals surface area (Å²) in [4.78, 5) is 25.6. The van der Waals surface area contributed by atoms with Gasteiger partial charge in [0.25, 0.3) is 0 Å². The van der Waals surface area contributed by atoms with E-state index in [2.05, 4.69) is 0 Å². The molecule has 0 atom stereocenters. The molecule has 1 amide bonds. The Morgan fingerprint density at radius 1 is 1.21 bits per heavy atom. The molecule has 1 aliphatic heterocycles. The van der Waals surface area contributed by atoms with Crippen LogP contribution in [0.1, 0.15) is 30.1 Å². The Hall–Kier alpha value is -2.04. The zero-order valence-corrected chi connectivity index (χ0v) is 11.4. The van der Waals surface area contributed by atoms with Crippen LogP contribution >= 0.6 is 0 Å². The molecule has 19 heavy (non-hydrogen) atoms. The molecular formula is C14H17NO4. The number of nitrogens with zero attached hydrogens (tertiary/aromatic N) is 1. The molecule has 0 bridgehead atoms. The number of benzene rings is 1. The predicted molar refractivity (Wildman–Crippen MR) is 71.1 cm³/mol. The number of ketones is 1. The maximum absolute atomic E-state index is 12.2. The van der Waals surface area contributed by atoms with Crippen molar-refractivity contribution >= 4 is 17.4 Å². The average molecular weight is 263 g/mol. The van der Waals surface area contributed by atoms with E-state index in [9.17, 15) is 9.59 Å². The van der Waals surface area contributed by atoms with Gasteiger partial charge in [-0.3, -0.25) is 9.59 Å². The second-order valence-corrected chi connectivity index (χ2v) is 4.39. The molecule has 0 radical (unpaired) electrons. The molecule has 1 heterocycles. The molecule has 0 saturated heterocycles. The third kappa shape index (κ3) is 2.28. The van der Waals surface area contributed by atoms with E-state index in [-0.39, 0.29) is 11.7 Å². The molecule has 0 fully saturated rings. The third-order valence-electron chi connectivity index (χ3n) is 3.26. The van der Waals surface area contributed by atoms with Gasteiger partial charge in [-0.15, -0.1) is 0 Å². The first kappa shape index (κ1) is 13.4. The second kappa shape index (κ2) is 5.30. The molecule has 102 valence electrons. The van der Waals surface area contributed by atoms with Crippen molar-refractivity contribution in [2.45, 2.75) is 19.8 Å². The van der Waals surface area contributed by atoms with Crippen molar-refractivity contribution in [3.63, 3.8) is 0 Å². The lowest BCUT2D eigenvalue weighted by atomic mass is 10.0. The third-order valence-corrected chi connectivity index (χ3v) is 3.26. The Morgan fingerprint density at radius 2 is 1.84 bits per heavy atom. The van der Waals surface area contributed by atoms with Crippen LogP contribution in [0.15, 0.2) is 12.1 Å². The largest absolute Gasteiger partial charge is 0.496 e. The molecule has 0 saturated carbocycles. The normalized spacial score (nSPS) is 14.7. The van der Waals surface area contributed by atoms with Crippen LogP contribution < -0.4 is 14.4 Å². The smallest absolute Gasteiger partial charge is 0.223 e. The van der Waals surface area contributed by atoms with Gasteiger partial charge in [0.05, 0.1) is 19.8 Å². The fraction of sp³-hybridized carbons (Fsp3) is 0.429. The fourth-order valence-electron chi connectivity index (χ4n) is 2.38. The van der Waals surface area contributed by atoms with E-state index in [1.54, 1.807) is 17.0 Å².